The molecule has 10 heavy (non-hydrogen) atoms. The minimum atomic E-state index is -0.602. The highest BCUT2D eigenvalue weighted by atomic mass is 16.6. The van der Waals surface area contributed by atoms with Crippen LogP contribution < -0.4 is 5.73 Å². The van der Waals surface area contributed by atoms with Gasteiger partial charge in [0, 0.05) is 0 Å². The van der Waals surface area contributed by atoms with Crippen LogP contribution in [0.2, 0.25) is 0 Å². The molecule has 58 valence electrons. The van der Waals surface area contributed by atoms with Crippen LogP contribution >= 0.6 is 0 Å². The fraction of sp³-hybridized carbons (Fsp3) is 0.857. The zero-order valence-corrected chi connectivity index (χ0v) is 6.39. The van der Waals surface area contributed by atoms with Gasteiger partial charge in [-0.3, -0.25) is 4.79 Å². The molecule has 3 heteroatoms. The Balaban J connectivity index is 2.55. The van der Waals surface area contributed by atoms with Gasteiger partial charge in [-0.05, 0) is 13.3 Å². The molecule has 0 saturated carbocycles. The Labute approximate surface area is 60.5 Å². The van der Waals surface area contributed by atoms with Gasteiger partial charge in [-0.15, -0.1) is 0 Å². The van der Waals surface area contributed by atoms with Crippen molar-refractivity contribution >= 4 is 5.91 Å². The largest absolute Gasteiger partial charge is 0.367 e. The highest BCUT2D eigenvalue weighted by Crippen LogP contribution is 2.39. The summed E-state index contributed by atoms with van der Waals surface area (Å²) in [5.74, 6) is -0.318. The average molecular weight is 143 g/mol. The Bertz CT molecular complexity index is 158. The lowest BCUT2D eigenvalue weighted by molar-refractivity contribution is -0.123. The molecule has 1 aliphatic rings. The van der Waals surface area contributed by atoms with Crippen LogP contribution in [0, 0.1) is 0 Å². The van der Waals surface area contributed by atoms with Crippen LogP contribution in [0.1, 0.15) is 26.7 Å². The van der Waals surface area contributed by atoms with Crippen LogP contribution in [0.4, 0.5) is 0 Å². The molecule has 0 spiro atoms. The molecular formula is C7H13NO2. The fourth-order valence-electron chi connectivity index (χ4n) is 1.30. The molecule has 1 amide bonds. The lowest BCUT2D eigenvalue weighted by Gasteiger charge is -2.03. The van der Waals surface area contributed by atoms with Crippen molar-refractivity contribution < 1.29 is 9.53 Å². The number of hydrogen-bond acceptors (Lipinski definition) is 2. The molecule has 2 unspecified atom stereocenters. The molecule has 0 aromatic carbocycles. The Hall–Kier alpha value is -0.570. The van der Waals surface area contributed by atoms with E-state index in [0.717, 1.165) is 12.8 Å². The van der Waals surface area contributed by atoms with Crippen molar-refractivity contribution in [2.75, 3.05) is 0 Å². The number of rotatable bonds is 3. The number of amides is 1. The maximum atomic E-state index is 10.8. The SMILES string of the molecule is CCCC1(C(N)=O)OC1C. The normalized spacial score (nSPS) is 37.6. The molecule has 1 rings (SSSR count). The second kappa shape index (κ2) is 2.23. The topological polar surface area (TPSA) is 55.6 Å². The highest BCUT2D eigenvalue weighted by molar-refractivity contribution is 5.86. The third-order valence-electron chi connectivity index (χ3n) is 2.03. The molecule has 0 aromatic heterocycles. The summed E-state index contributed by atoms with van der Waals surface area (Å²) in [6, 6.07) is 0. The summed E-state index contributed by atoms with van der Waals surface area (Å²) < 4.78 is 5.13. The first-order valence-electron chi connectivity index (χ1n) is 3.61. The zero-order valence-electron chi connectivity index (χ0n) is 6.39. The summed E-state index contributed by atoms with van der Waals surface area (Å²) in [5.41, 5.74) is 4.54. The van der Waals surface area contributed by atoms with Gasteiger partial charge in [-0.25, -0.2) is 0 Å². The van der Waals surface area contributed by atoms with E-state index in [1.165, 1.54) is 0 Å². The molecule has 2 N–H and O–H groups in total. The molecule has 2 atom stereocenters. The zero-order chi connectivity index (χ0) is 7.78. The molecule has 3 nitrogen and oxygen atoms in total. The Morgan fingerprint density at radius 1 is 1.80 bits per heavy atom. The lowest BCUT2D eigenvalue weighted by Crippen LogP contribution is -2.33. The number of primary amides is 1. The van der Waals surface area contributed by atoms with Crippen molar-refractivity contribution in [1.82, 2.24) is 0 Å². The number of epoxide rings is 1. The summed E-state index contributed by atoms with van der Waals surface area (Å²) in [4.78, 5) is 10.8. The van der Waals surface area contributed by atoms with E-state index < -0.39 is 5.60 Å². The smallest absolute Gasteiger partial charge is 0.252 e. The standard InChI is InChI=1S/C7H13NO2/c1-3-4-7(6(8)9)5(2)10-7/h5H,3-4H2,1-2H3,(H2,8,9). The number of nitrogens with two attached hydrogens (primary N) is 1. The van der Waals surface area contributed by atoms with Gasteiger partial charge in [0.1, 0.15) is 0 Å². The summed E-state index contributed by atoms with van der Waals surface area (Å²) in [6.45, 7) is 3.89. The minimum absolute atomic E-state index is 0.0324. The van der Waals surface area contributed by atoms with Crippen molar-refractivity contribution in [3.05, 3.63) is 0 Å². The predicted molar refractivity (Wildman–Crippen MR) is 37.4 cm³/mol. The van der Waals surface area contributed by atoms with Crippen LogP contribution in [0.15, 0.2) is 0 Å². The van der Waals surface area contributed by atoms with Gasteiger partial charge in [-0.1, -0.05) is 13.3 Å². The van der Waals surface area contributed by atoms with Crippen LogP contribution in [-0.2, 0) is 9.53 Å². The third kappa shape index (κ3) is 0.904. The molecule has 0 aromatic rings. The number of carbonyl (C=O) groups is 1. The minimum Gasteiger partial charge on any atom is -0.367 e. The quantitative estimate of drug-likeness (QED) is 0.582. The van der Waals surface area contributed by atoms with E-state index in [1.807, 2.05) is 13.8 Å². The molecule has 1 aliphatic heterocycles. The van der Waals surface area contributed by atoms with E-state index in [-0.39, 0.29) is 12.0 Å². The second-order valence-corrected chi connectivity index (χ2v) is 2.76. The molecule has 1 fully saturated rings. The number of ether oxygens (including phenoxy) is 1. The Morgan fingerprint density at radius 3 is 2.40 bits per heavy atom. The van der Waals surface area contributed by atoms with Gasteiger partial charge < -0.3 is 10.5 Å². The maximum absolute atomic E-state index is 10.8. The van der Waals surface area contributed by atoms with E-state index in [2.05, 4.69) is 0 Å². The first kappa shape index (κ1) is 7.54. The van der Waals surface area contributed by atoms with Crippen LogP contribution in [-0.4, -0.2) is 17.6 Å². The molecule has 1 saturated heterocycles. The number of hydrogen-bond donors (Lipinski definition) is 1. The molecule has 0 bridgehead atoms. The van der Waals surface area contributed by atoms with Crippen LogP contribution in [0.25, 0.3) is 0 Å². The van der Waals surface area contributed by atoms with Gasteiger partial charge in [0.05, 0.1) is 6.10 Å². The lowest BCUT2D eigenvalue weighted by atomic mass is 10.00. The van der Waals surface area contributed by atoms with Crippen LogP contribution in [0.3, 0.4) is 0 Å². The van der Waals surface area contributed by atoms with E-state index in [0.29, 0.717) is 0 Å². The van der Waals surface area contributed by atoms with E-state index >= 15 is 0 Å². The summed E-state index contributed by atoms with van der Waals surface area (Å²) >= 11 is 0. The first-order chi connectivity index (χ1) is 4.63. The fourth-order valence-corrected chi connectivity index (χ4v) is 1.30. The van der Waals surface area contributed by atoms with Crippen molar-refractivity contribution in [2.45, 2.75) is 38.4 Å². The van der Waals surface area contributed by atoms with E-state index in [1.54, 1.807) is 0 Å². The highest BCUT2D eigenvalue weighted by Gasteiger charge is 2.57. The monoisotopic (exact) mass is 143 g/mol. The summed E-state index contributed by atoms with van der Waals surface area (Å²) in [5, 5.41) is 0. The third-order valence-corrected chi connectivity index (χ3v) is 2.03. The van der Waals surface area contributed by atoms with E-state index in [4.69, 9.17) is 10.5 Å². The van der Waals surface area contributed by atoms with Gasteiger partial charge in [0.25, 0.3) is 5.91 Å². The molecular weight excluding hydrogens is 130 g/mol. The van der Waals surface area contributed by atoms with Gasteiger partial charge in [0.2, 0.25) is 0 Å². The Kier molecular flexibility index (Phi) is 1.68. The summed E-state index contributed by atoms with van der Waals surface area (Å²) in [7, 11) is 0. The second-order valence-electron chi connectivity index (χ2n) is 2.76. The van der Waals surface area contributed by atoms with Crippen molar-refractivity contribution in [1.29, 1.82) is 0 Å². The first-order valence-corrected chi connectivity index (χ1v) is 3.61. The van der Waals surface area contributed by atoms with Gasteiger partial charge in [-0.2, -0.15) is 0 Å². The van der Waals surface area contributed by atoms with Crippen molar-refractivity contribution in [3.63, 3.8) is 0 Å². The molecule has 0 aliphatic carbocycles. The Morgan fingerprint density at radius 2 is 2.30 bits per heavy atom. The van der Waals surface area contributed by atoms with Gasteiger partial charge >= 0.3 is 0 Å². The summed E-state index contributed by atoms with van der Waals surface area (Å²) in [6.07, 6.45) is 1.72. The number of carbonyl (C=O) groups excluding carboxylic acids is 1. The molecule has 0 radical (unpaired) electrons. The van der Waals surface area contributed by atoms with Crippen LogP contribution in [0.5, 0.6) is 0 Å². The van der Waals surface area contributed by atoms with Gasteiger partial charge in [0.15, 0.2) is 5.60 Å². The van der Waals surface area contributed by atoms with Crippen molar-refractivity contribution in [3.8, 4) is 0 Å². The molecule has 1 heterocycles. The van der Waals surface area contributed by atoms with E-state index in [9.17, 15) is 4.79 Å². The maximum Gasteiger partial charge on any atom is 0.252 e. The van der Waals surface area contributed by atoms with Crippen molar-refractivity contribution in [2.24, 2.45) is 5.73 Å². The predicted octanol–water partition coefficient (Wildman–Crippen LogP) is 0.429. The average Bonchev–Trinajstić information content (AvgIpc) is 2.44.